The van der Waals surface area contributed by atoms with Crippen molar-refractivity contribution in [1.29, 1.82) is 0 Å². The van der Waals surface area contributed by atoms with Crippen LogP contribution in [-0.2, 0) is 11.3 Å². The Morgan fingerprint density at radius 3 is 2.73 bits per heavy atom. The third-order valence-corrected chi connectivity index (χ3v) is 6.81. The Balaban J connectivity index is 1.52. The number of nitrogens with one attached hydrogen (secondary N) is 1. The molecular formula is C23H28N4O2S. The predicted octanol–water partition coefficient (Wildman–Crippen LogP) is 4.76. The van der Waals surface area contributed by atoms with E-state index in [1.165, 1.54) is 31.0 Å². The van der Waals surface area contributed by atoms with E-state index in [-0.39, 0.29) is 17.2 Å². The highest BCUT2D eigenvalue weighted by molar-refractivity contribution is 8.00. The van der Waals surface area contributed by atoms with Crippen LogP contribution in [0.1, 0.15) is 45.1 Å². The van der Waals surface area contributed by atoms with Crippen molar-refractivity contribution in [2.24, 2.45) is 5.92 Å². The third-order valence-electron chi connectivity index (χ3n) is 5.73. The summed E-state index contributed by atoms with van der Waals surface area (Å²) in [6, 6.07) is 14.2. The van der Waals surface area contributed by atoms with Crippen LogP contribution in [0, 0.1) is 5.92 Å². The van der Waals surface area contributed by atoms with Crippen LogP contribution in [0.4, 0.5) is 0 Å². The van der Waals surface area contributed by atoms with Crippen molar-refractivity contribution in [2.75, 3.05) is 0 Å². The van der Waals surface area contributed by atoms with Gasteiger partial charge in [0.25, 0.3) is 0 Å². The van der Waals surface area contributed by atoms with Gasteiger partial charge in [-0.2, -0.15) is 0 Å². The summed E-state index contributed by atoms with van der Waals surface area (Å²) in [7, 11) is 0. The average Bonchev–Trinajstić information content (AvgIpc) is 3.41. The largest absolute Gasteiger partial charge is 0.461 e. The van der Waals surface area contributed by atoms with Crippen molar-refractivity contribution in [3.63, 3.8) is 0 Å². The zero-order chi connectivity index (χ0) is 20.9. The average molecular weight is 425 g/mol. The third kappa shape index (κ3) is 4.78. The van der Waals surface area contributed by atoms with E-state index < -0.39 is 0 Å². The zero-order valence-corrected chi connectivity index (χ0v) is 18.3. The minimum atomic E-state index is -0.262. The molecule has 1 amide bonds. The van der Waals surface area contributed by atoms with E-state index in [1.807, 2.05) is 41.8 Å². The lowest BCUT2D eigenvalue weighted by atomic mass is 9.86. The fourth-order valence-electron chi connectivity index (χ4n) is 3.91. The Morgan fingerprint density at radius 2 is 2.00 bits per heavy atom. The summed E-state index contributed by atoms with van der Waals surface area (Å²) >= 11 is 1.44. The minimum Gasteiger partial charge on any atom is -0.461 e. The molecule has 6 nitrogen and oxygen atoms in total. The molecule has 0 saturated heterocycles. The van der Waals surface area contributed by atoms with Gasteiger partial charge in [-0.15, -0.1) is 10.2 Å². The molecule has 3 aromatic rings. The van der Waals surface area contributed by atoms with Gasteiger partial charge in [-0.05, 0) is 43.4 Å². The van der Waals surface area contributed by atoms with Gasteiger partial charge in [-0.25, -0.2) is 0 Å². The lowest BCUT2D eigenvalue weighted by Gasteiger charge is -2.30. The fourth-order valence-corrected chi connectivity index (χ4v) is 4.77. The number of aromatic nitrogens is 3. The molecule has 1 aliphatic rings. The highest BCUT2D eigenvalue weighted by Gasteiger charge is 2.27. The minimum absolute atomic E-state index is 0.0626. The standard InChI is InChI=1S/C23H28N4O2S/c1-16-9-6-7-12-19(16)24-22(28)17(2)30-23-26-25-21(20-13-8-14-29-20)27(23)15-18-10-4-3-5-11-18/h3-5,8,10-11,13-14,16-17,19H,6-7,9,12,15H2,1-2H3,(H,24,28). The Hall–Kier alpha value is -2.54. The normalized spacial score (nSPS) is 20.1. The summed E-state index contributed by atoms with van der Waals surface area (Å²) < 4.78 is 7.58. The number of benzene rings is 1. The molecule has 1 fully saturated rings. The van der Waals surface area contributed by atoms with Crippen LogP contribution in [0.3, 0.4) is 0 Å². The summed E-state index contributed by atoms with van der Waals surface area (Å²) in [6.07, 6.45) is 6.33. The molecule has 0 spiro atoms. The second-order valence-electron chi connectivity index (χ2n) is 7.99. The number of rotatable bonds is 7. The molecule has 0 aliphatic heterocycles. The van der Waals surface area contributed by atoms with E-state index in [4.69, 9.17) is 4.42 Å². The van der Waals surface area contributed by atoms with Crippen LogP contribution in [0.15, 0.2) is 58.3 Å². The quantitative estimate of drug-likeness (QED) is 0.554. The maximum absolute atomic E-state index is 12.9. The first-order valence-electron chi connectivity index (χ1n) is 10.6. The van der Waals surface area contributed by atoms with E-state index in [0.29, 0.717) is 29.2 Å². The van der Waals surface area contributed by atoms with Crippen molar-refractivity contribution < 1.29 is 9.21 Å². The van der Waals surface area contributed by atoms with Gasteiger partial charge in [0.1, 0.15) is 0 Å². The summed E-state index contributed by atoms with van der Waals surface area (Å²) in [5.41, 5.74) is 1.14. The molecule has 0 radical (unpaired) electrons. The van der Waals surface area contributed by atoms with Gasteiger partial charge in [-0.1, -0.05) is 61.9 Å². The number of hydrogen-bond acceptors (Lipinski definition) is 5. The molecule has 158 valence electrons. The Labute approximate surface area is 181 Å². The maximum Gasteiger partial charge on any atom is 0.233 e. The molecule has 1 saturated carbocycles. The molecule has 30 heavy (non-hydrogen) atoms. The molecule has 0 bridgehead atoms. The van der Waals surface area contributed by atoms with Gasteiger partial charge in [0.2, 0.25) is 11.7 Å². The highest BCUT2D eigenvalue weighted by Crippen LogP contribution is 2.29. The number of hydrogen-bond donors (Lipinski definition) is 1. The first kappa shape index (κ1) is 20.7. The molecule has 2 heterocycles. The van der Waals surface area contributed by atoms with Crippen molar-refractivity contribution in [2.45, 2.75) is 62.5 Å². The number of furan rings is 1. The Morgan fingerprint density at radius 1 is 1.20 bits per heavy atom. The van der Waals surface area contributed by atoms with Crippen LogP contribution >= 0.6 is 11.8 Å². The molecule has 1 N–H and O–H groups in total. The lowest BCUT2D eigenvalue weighted by molar-refractivity contribution is -0.121. The summed E-state index contributed by atoms with van der Waals surface area (Å²) in [5, 5.41) is 12.5. The van der Waals surface area contributed by atoms with E-state index in [9.17, 15) is 4.79 Å². The molecule has 2 aromatic heterocycles. The van der Waals surface area contributed by atoms with Gasteiger partial charge in [0, 0.05) is 6.04 Å². The van der Waals surface area contributed by atoms with Crippen LogP contribution in [0.2, 0.25) is 0 Å². The van der Waals surface area contributed by atoms with Crippen LogP contribution in [0.25, 0.3) is 11.6 Å². The summed E-state index contributed by atoms with van der Waals surface area (Å²) in [4.78, 5) is 12.9. The van der Waals surface area contributed by atoms with E-state index in [1.54, 1.807) is 6.26 Å². The number of amides is 1. The molecule has 7 heteroatoms. The van der Waals surface area contributed by atoms with Crippen molar-refractivity contribution in [3.8, 4) is 11.6 Å². The van der Waals surface area contributed by atoms with Crippen LogP contribution < -0.4 is 5.32 Å². The second kappa shape index (κ2) is 9.51. The molecule has 3 atom stereocenters. The monoisotopic (exact) mass is 424 g/mol. The molecule has 1 aromatic carbocycles. The van der Waals surface area contributed by atoms with Crippen molar-refractivity contribution in [3.05, 3.63) is 54.3 Å². The number of carbonyl (C=O) groups excluding carboxylic acids is 1. The smallest absolute Gasteiger partial charge is 0.233 e. The van der Waals surface area contributed by atoms with Gasteiger partial charge in [0.05, 0.1) is 18.1 Å². The summed E-state index contributed by atoms with van der Waals surface area (Å²) in [5.74, 6) is 1.93. The number of carbonyl (C=O) groups is 1. The Kier molecular flexibility index (Phi) is 6.57. The van der Waals surface area contributed by atoms with Crippen LogP contribution in [0.5, 0.6) is 0 Å². The Bertz CT molecular complexity index is 955. The topological polar surface area (TPSA) is 73.0 Å². The lowest BCUT2D eigenvalue weighted by Crippen LogP contribution is -2.44. The van der Waals surface area contributed by atoms with Gasteiger partial charge < -0.3 is 9.73 Å². The molecule has 1 aliphatic carbocycles. The van der Waals surface area contributed by atoms with E-state index in [0.717, 1.165) is 12.0 Å². The number of nitrogens with zero attached hydrogens (tertiary/aromatic N) is 3. The van der Waals surface area contributed by atoms with Gasteiger partial charge >= 0.3 is 0 Å². The van der Waals surface area contributed by atoms with Crippen LogP contribution in [-0.4, -0.2) is 32.0 Å². The first-order valence-corrected chi connectivity index (χ1v) is 11.5. The van der Waals surface area contributed by atoms with E-state index in [2.05, 4.69) is 34.6 Å². The maximum atomic E-state index is 12.9. The highest BCUT2D eigenvalue weighted by atomic mass is 32.2. The first-order chi connectivity index (χ1) is 14.6. The van der Waals surface area contributed by atoms with Gasteiger partial charge in [0.15, 0.2) is 10.9 Å². The summed E-state index contributed by atoms with van der Waals surface area (Å²) in [6.45, 7) is 4.77. The number of thioether (sulfide) groups is 1. The second-order valence-corrected chi connectivity index (χ2v) is 9.30. The molecule has 3 unspecified atom stereocenters. The van der Waals surface area contributed by atoms with Gasteiger partial charge in [-0.3, -0.25) is 9.36 Å². The van der Waals surface area contributed by atoms with E-state index >= 15 is 0 Å². The fraction of sp³-hybridized carbons (Fsp3) is 0.435. The van der Waals surface area contributed by atoms with Crippen molar-refractivity contribution >= 4 is 17.7 Å². The predicted molar refractivity (Wildman–Crippen MR) is 118 cm³/mol. The zero-order valence-electron chi connectivity index (χ0n) is 17.5. The SMILES string of the molecule is CC(Sc1nnc(-c2ccco2)n1Cc1ccccc1)C(=O)NC1CCCCC1C. The molecule has 4 rings (SSSR count). The van der Waals surface area contributed by atoms with Crippen molar-refractivity contribution in [1.82, 2.24) is 20.1 Å². The molecular weight excluding hydrogens is 396 g/mol.